The highest BCUT2D eigenvalue weighted by Gasteiger charge is 2.35. The van der Waals surface area contributed by atoms with E-state index in [1.807, 2.05) is 13.8 Å². The zero-order valence-corrected chi connectivity index (χ0v) is 18.2. The lowest BCUT2D eigenvalue weighted by molar-refractivity contribution is -0.274. The van der Waals surface area contributed by atoms with Crippen molar-refractivity contribution in [3.8, 4) is 5.75 Å². The molecule has 0 bridgehead atoms. The van der Waals surface area contributed by atoms with Crippen LogP contribution in [0.4, 0.5) is 13.2 Å². The molecule has 1 aromatic carbocycles. The molecule has 3 rings (SSSR count). The first-order valence-corrected chi connectivity index (χ1v) is 11.0. The fourth-order valence-corrected chi connectivity index (χ4v) is 5.13. The van der Waals surface area contributed by atoms with Crippen molar-refractivity contribution >= 4 is 16.0 Å². The number of sulfonamides is 1. The topological polar surface area (TPSA) is 109 Å². The SMILES string of the molecule is CC1CNCC(C)N1S(=O)(=O)c1cccc(CC(=O)O)c1.FC(F)(F)Oc1cccnc1. The van der Waals surface area contributed by atoms with E-state index in [9.17, 15) is 26.4 Å². The minimum Gasteiger partial charge on any atom is -0.481 e. The van der Waals surface area contributed by atoms with Gasteiger partial charge in [-0.15, -0.1) is 13.2 Å². The van der Waals surface area contributed by atoms with E-state index in [1.54, 1.807) is 12.1 Å². The minimum atomic E-state index is -4.64. The summed E-state index contributed by atoms with van der Waals surface area (Å²) in [5, 5.41) is 12.0. The van der Waals surface area contributed by atoms with Gasteiger partial charge in [0.25, 0.3) is 0 Å². The van der Waals surface area contributed by atoms with Gasteiger partial charge in [0.2, 0.25) is 10.0 Å². The van der Waals surface area contributed by atoms with Crippen molar-refractivity contribution in [3.63, 3.8) is 0 Å². The molecule has 0 amide bonds. The van der Waals surface area contributed by atoms with Gasteiger partial charge in [0.15, 0.2) is 0 Å². The van der Waals surface area contributed by atoms with Crippen LogP contribution in [0.25, 0.3) is 0 Å². The van der Waals surface area contributed by atoms with Crippen molar-refractivity contribution in [3.05, 3.63) is 54.4 Å². The number of nitrogens with zero attached hydrogens (tertiary/aromatic N) is 2. The number of alkyl halides is 3. The van der Waals surface area contributed by atoms with Crippen LogP contribution in [0.5, 0.6) is 5.75 Å². The van der Waals surface area contributed by atoms with E-state index >= 15 is 0 Å². The molecule has 32 heavy (non-hydrogen) atoms. The summed E-state index contributed by atoms with van der Waals surface area (Å²) in [4.78, 5) is 14.4. The zero-order chi connectivity index (χ0) is 23.9. The van der Waals surface area contributed by atoms with Crippen LogP contribution in [0.3, 0.4) is 0 Å². The van der Waals surface area contributed by atoms with Gasteiger partial charge in [-0.25, -0.2) is 8.42 Å². The number of hydrogen-bond acceptors (Lipinski definition) is 6. The van der Waals surface area contributed by atoms with Crippen molar-refractivity contribution < 1.29 is 36.2 Å². The van der Waals surface area contributed by atoms with Crippen LogP contribution >= 0.6 is 0 Å². The number of carboxylic acid groups (broad SMARTS) is 1. The number of nitrogens with one attached hydrogen (secondary N) is 1. The third kappa shape index (κ3) is 7.46. The molecule has 1 fully saturated rings. The number of aromatic nitrogens is 1. The normalized spacial score (nSPS) is 19.5. The molecule has 2 aromatic rings. The molecule has 2 unspecified atom stereocenters. The number of rotatable bonds is 5. The summed E-state index contributed by atoms with van der Waals surface area (Å²) in [5.74, 6) is -1.28. The largest absolute Gasteiger partial charge is 0.573 e. The van der Waals surface area contributed by atoms with Crippen LogP contribution in [0.2, 0.25) is 0 Å². The number of carbonyl (C=O) groups is 1. The molecule has 0 spiro atoms. The Bertz CT molecular complexity index is 993. The molecule has 2 heterocycles. The Hall–Kier alpha value is -2.70. The van der Waals surface area contributed by atoms with E-state index < -0.39 is 22.4 Å². The van der Waals surface area contributed by atoms with Crippen LogP contribution in [0, 0.1) is 0 Å². The molecule has 1 aliphatic rings. The van der Waals surface area contributed by atoms with Crippen LogP contribution in [-0.2, 0) is 21.2 Å². The summed E-state index contributed by atoms with van der Waals surface area (Å²) in [5.41, 5.74) is 0.485. The van der Waals surface area contributed by atoms with E-state index in [0.29, 0.717) is 18.7 Å². The van der Waals surface area contributed by atoms with Gasteiger partial charge in [0.1, 0.15) is 5.75 Å². The Morgan fingerprint density at radius 1 is 1.22 bits per heavy atom. The number of carboxylic acids is 1. The molecule has 1 saturated heterocycles. The predicted molar refractivity (Wildman–Crippen MR) is 110 cm³/mol. The van der Waals surface area contributed by atoms with Gasteiger partial charge < -0.3 is 15.2 Å². The second-order valence-corrected chi connectivity index (χ2v) is 8.99. The lowest BCUT2D eigenvalue weighted by Crippen LogP contribution is -2.57. The molecule has 1 aromatic heterocycles. The predicted octanol–water partition coefficient (Wildman–Crippen LogP) is 2.66. The average Bonchev–Trinajstić information content (AvgIpc) is 2.67. The number of halogens is 3. The summed E-state index contributed by atoms with van der Waals surface area (Å²) in [6.45, 7) is 4.94. The van der Waals surface area contributed by atoms with E-state index in [4.69, 9.17) is 5.11 Å². The van der Waals surface area contributed by atoms with Crippen molar-refractivity contribution in [2.45, 2.75) is 43.6 Å². The second kappa shape index (κ2) is 10.7. The summed E-state index contributed by atoms with van der Waals surface area (Å²) in [7, 11) is -3.62. The number of ether oxygens (including phenoxy) is 1. The van der Waals surface area contributed by atoms with Gasteiger partial charge in [-0.2, -0.15) is 4.31 Å². The Labute approximate surface area is 184 Å². The molecule has 2 atom stereocenters. The average molecular weight is 475 g/mol. The van der Waals surface area contributed by atoms with E-state index in [1.165, 1.54) is 34.8 Å². The fraction of sp³-hybridized carbons (Fsp3) is 0.400. The molecule has 1 aliphatic heterocycles. The first kappa shape index (κ1) is 25.6. The standard InChI is InChI=1S/C14H20N2O4S.C6H4F3NO/c1-10-8-15-9-11(2)16(10)21(19,20)13-5-3-4-12(6-13)7-14(17)18;7-6(8,9)11-5-2-1-3-10-4-5/h3-6,10-11,15H,7-9H2,1-2H3,(H,17,18);1-4H. The summed E-state index contributed by atoms with van der Waals surface area (Å²) >= 11 is 0. The lowest BCUT2D eigenvalue weighted by Gasteiger charge is -2.38. The van der Waals surface area contributed by atoms with Gasteiger partial charge in [-0.3, -0.25) is 9.78 Å². The Morgan fingerprint density at radius 2 is 1.88 bits per heavy atom. The summed E-state index contributed by atoms with van der Waals surface area (Å²) < 4.78 is 65.1. The van der Waals surface area contributed by atoms with Crippen LogP contribution in [0.15, 0.2) is 53.7 Å². The molecular formula is C20H24F3N3O5S. The molecule has 0 radical (unpaired) electrons. The van der Waals surface area contributed by atoms with E-state index in [-0.39, 0.29) is 29.1 Å². The van der Waals surface area contributed by atoms with Gasteiger partial charge in [0, 0.05) is 31.4 Å². The molecule has 0 aliphatic carbocycles. The first-order chi connectivity index (χ1) is 14.9. The molecule has 0 saturated carbocycles. The molecule has 12 heteroatoms. The lowest BCUT2D eigenvalue weighted by atomic mass is 10.2. The van der Waals surface area contributed by atoms with Crippen molar-refractivity contribution in [2.75, 3.05) is 13.1 Å². The maximum absolute atomic E-state index is 12.8. The van der Waals surface area contributed by atoms with Gasteiger partial charge in [0.05, 0.1) is 17.5 Å². The summed E-state index contributed by atoms with van der Waals surface area (Å²) in [6.07, 6.45) is -2.46. The molecule has 2 N–H and O–H groups in total. The second-order valence-electron chi connectivity index (χ2n) is 7.15. The van der Waals surface area contributed by atoms with Gasteiger partial charge in [-0.05, 0) is 43.7 Å². The number of hydrogen-bond donors (Lipinski definition) is 2. The Kier molecular flexibility index (Phi) is 8.58. The Balaban J connectivity index is 0.000000278. The summed E-state index contributed by atoms with van der Waals surface area (Å²) in [6, 6.07) is 8.44. The van der Waals surface area contributed by atoms with Crippen molar-refractivity contribution in [1.29, 1.82) is 0 Å². The smallest absolute Gasteiger partial charge is 0.481 e. The number of pyridine rings is 1. The van der Waals surface area contributed by atoms with Gasteiger partial charge in [-0.1, -0.05) is 12.1 Å². The maximum Gasteiger partial charge on any atom is 0.573 e. The number of piperazine rings is 1. The minimum absolute atomic E-state index is 0.137. The third-order valence-corrected chi connectivity index (χ3v) is 6.57. The monoisotopic (exact) mass is 475 g/mol. The highest BCUT2D eigenvalue weighted by Crippen LogP contribution is 2.24. The van der Waals surface area contributed by atoms with Crippen LogP contribution < -0.4 is 10.1 Å². The van der Waals surface area contributed by atoms with Crippen molar-refractivity contribution in [2.24, 2.45) is 0 Å². The quantitative estimate of drug-likeness (QED) is 0.684. The highest BCUT2D eigenvalue weighted by molar-refractivity contribution is 7.89. The molecule has 8 nitrogen and oxygen atoms in total. The fourth-order valence-electron chi connectivity index (χ4n) is 3.24. The third-order valence-electron chi connectivity index (χ3n) is 4.45. The molecule has 176 valence electrons. The van der Waals surface area contributed by atoms with Crippen LogP contribution in [-0.4, -0.2) is 60.3 Å². The van der Waals surface area contributed by atoms with E-state index in [0.717, 1.165) is 6.20 Å². The van der Waals surface area contributed by atoms with Gasteiger partial charge >= 0.3 is 12.3 Å². The zero-order valence-electron chi connectivity index (χ0n) is 17.4. The van der Waals surface area contributed by atoms with Crippen molar-refractivity contribution in [1.82, 2.24) is 14.6 Å². The maximum atomic E-state index is 12.8. The highest BCUT2D eigenvalue weighted by atomic mass is 32.2. The molecular weight excluding hydrogens is 451 g/mol. The first-order valence-electron chi connectivity index (χ1n) is 9.61. The Morgan fingerprint density at radius 3 is 2.41 bits per heavy atom. The van der Waals surface area contributed by atoms with Crippen LogP contribution in [0.1, 0.15) is 19.4 Å². The number of benzene rings is 1. The van der Waals surface area contributed by atoms with E-state index in [2.05, 4.69) is 15.0 Å². The number of aliphatic carboxylic acids is 1.